The summed E-state index contributed by atoms with van der Waals surface area (Å²) >= 11 is 0. The van der Waals surface area contributed by atoms with Gasteiger partial charge in [0.25, 0.3) is 0 Å². The van der Waals surface area contributed by atoms with Crippen LogP contribution in [-0.2, 0) is 22.4 Å². The number of para-hydroxylation sites is 2. The molecule has 3 aromatic carbocycles. The van der Waals surface area contributed by atoms with E-state index in [2.05, 4.69) is 12.1 Å². The Morgan fingerprint density at radius 3 is 2.19 bits per heavy atom. The number of esters is 2. The van der Waals surface area contributed by atoms with Crippen LogP contribution in [0.4, 0.5) is 0 Å². The van der Waals surface area contributed by atoms with Gasteiger partial charge < -0.3 is 23.8 Å². The first-order valence-electron chi connectivity index (χ1n) is 11.8. The van der Waals surface area contributed by atoms with E-state index in [1.807, 2.05) is 55.4 Å². The topological polar surface area (TPSA) is 74.3 Å². The van der Waals surface area contributed by atoms with Gasteiger partial charge in [-0.15, -0.1) is 0 Å². The van der Waals surface area contributed by atoms with Crippen molar-refractivity contribution in [3.8, 4) is 17.2 Å². The maximum atomic E-state index is 12.9. The molecule has 190 valence electrons. The van der Waals surface area contributed by atoms with Crippen LogP contribution in [0.25, 0.3) is 0 Å². The highest BCUT2D eigenvalue weighted by atomic mass is 16.6. The van der Waals surface area contributed by atoms with Crippen molar-refractivity contribution in [3.05, 3.63) is 89.5 Å². The van der Waals surface area contributed by atoms with Crippen LogP contribution in [0.15, 0.2) is 72.8 Å². The van der Waals surface area contributed by atoms with Crippen LogP contribution >= 0.6 is 0 Å². The van der Waals surface area contributed by atoms with E-state index in [1.54, 1.807) is 31.4 Å². The lowest BCUT2D eigenvalue weighted by molar-refractivity contribution is -0.131. The molecule has 7 heteroatoms. The molecule has 0 amide bonds. The van der Waals surface area contributed by atoms with Gasteiger partial charge in [-0.3, -0.25) is 4.79 Å². The molecule has 0 spiro atoms. The van der Waals surface area contributed by atoms with Crippen molar-refractivity contribution in [1.29, 1.82) is 0 Å². The van der Waals surface area contributed by atoms with E-state index < -0.39 is 18.0 Å². The van der Waals surface area contributed by atoms with Gasteiger partial charge in [0.15, 0.2) is 0 Å². The molecule has 0 heterocycles. The van der Waals surface area contributed by atoms with Crippen molar-refractivity contribution in [2.45, 2.75) is 25.9 Å². The number of hydrogen-bond donors (Lipinski definition) is 0. The average molecular weight is 492 g/mol. The Balaban J connectivity index is 1.66. The minimum Gasteiger partial charge on any atom is -0.497 e. The van der Waals surface area contributed by atoms with Crippen LogP contribution in [-0.4, -0.2) is 57.3 Å². The second-order valence-electron chi connectivity index (χ2n) is 8.65. The van der Waals surface area contributed by atoms with Gasteiger partial charge in [-0.1, -0.05) is 42.5 Å². The third kappa shape index (κ3) is 8.13. The first kappa shape index (κ1) is 26.8. The van der Waals surface area contributed by atoms with Crippen LogP contribution < -0.4 is 14.2 Å². The highest BCUT2D eigenvalue weighted by molar-refractivity contribution is 5.93. The summed E-state index contributed by atoms with van der Waals surface area (Å²) < 4.78 is 22.3. The van der Waals surface area contributed by atoms with E-state index in [-0.39, 0.29) is 17.9 Å². The Bertz CT molecular complexity index is 1140. The number of likely N-dealkylation sites (N-methyl/N-ethyl adjacent to an activating group) is 1. The predicted octanol–water partition coefficient (Wildman–Crippen LogP) is 4.57. The zero-order valence-corrected chi connectivity index (χ0v) is 21.2. The molecule has 7 nitrogen and oxygen atoms in total. The summed E-state index contributed by atoms with van der Waals surface area (Å²) in [5.74, 6) is 0.679. The number of carbonyl (C=O) groups is 2. The van der Waals surface area contributed by atoms with Crippen molar-refractivity contribution in [2.24, 2.45) is 0 Å². The SMILES string of the molecule is COc1ccc(CCc2ccccc2OCC(CN(C)C)OC(=O)c2ccccc2OC(C)=O)cc1. The Hall–Kier alpha value is -3.84. The maximum absolute atomic E-state index is 12.9. The maximum Gasteiger partial charge on any atom is 0.342 e. The second-order valence-corrected chi connectivity index (χ2v) is 8.65. The lowest BCUT2D eigenvalue weighted by Gasteiger charge is -2.23. The molecule has 0 fully saturated rings. The largest absolute Gasteiger partial charge is 0.497 e. The summed E-state index contributed by atoms with van der Waals surface area (Å²) in [6.45, 7) is 1.94. The molecule has 3 rings (SSSR count). The molecule has 1 atom stereocenters. The van der Waals surface area contributed by atoms with Gasteiger partial charge in [0.2, 0.25) is 0 Å². The molecule has 0 aliphatic rings. The Labute approximate surface area is 212 Å². The number of aryl methyl sites for hydroxylation is 2. The zero-order valence-electron chi connectivity index (χ0n) is 21.2. The summed E-state index contributed by atoms with van der Waals surface area (Å²) in [7, 11) is 5.45. The normalized spacial score (nSPS) is 11.6. The van der Waals surface area contributed by atoms with Crippen LogP contribution in [0, 0.1) is 0 Å². The summed E-state index contributed by atoms with van der Waals surface area (Å²) in [5, 5.41) is 0. The number of benzene rings is 3. The van der Waals surface area contributed by atoms with E-state index in [0.717, 1.165) is 29.9 Å². The fraction of sp³-hybridized carbons (Fsp3) is 0.310. The van der Waals surface area contributed by atoms with E-state index in [0.29, 0.717) is 6.54 Å². The zero-order chi connectivity index (χ0) is 25.9. The third-order valence-corrected chi connectivity index (χ3v) is 5.44. The summed E-state index contributed by atoms with van der Waals surface area (Å²) in [6.07, 6.45) is 1.12. The Kier molecular flexibility index (Phi) is 9.89. The molecular weight excluding hydrogens is 458 g/mol. The minimum absolute atomic E-state index is 0.170. The molecule has 0 radical (unpaired) electrons. The molecule has 3 aromatic rings. The van der Waals surface area contributed by atoms with Crippen molar-refractivity contribution in [2.75, 3.05) is 34.4 Å². The molecule has 0 saturated carbocycles. The monoisotopic (exact) mass is 491 g/mol. The predicted molar refractivity (Wildman–Crippen MR) is 138 cm³/mol. The van der Waals surface area contributed by atoms with Gasteiger partial charge in [-0.05, 0) is 68.4 Å². The lowest BCUT2D eigenvalue weighted by atomic mass is 10.0. The number of hydrogen-bond acceptors (Lipinski definition) is 7. The summed E-state index contributed by atoms with van der Waals surface area (Å²) in [6, 6.07) is 22.4. The Morgan fingerprint density at radius 1 is 0.861 bits per heavy atom. The highest BCUT2D eigenvalue weighted by Crippen LogP contribution is 2.23. The molecule has 0 bridgehead atoms. The lowest BCUT2D eigenvalue weighted by Crippen LogP contribution is -2.35. The number of methoxy groups -OCH3 is 1. The third-order valence-electron chi connectivity index (χ3n) is 5.44. The first-order chi connectivity index (χ1) is 17.4. The van der Waals surface area contributed by atoms with Gasteiger partial charge in [0.1, 0.15) is 35.5 Å². The van der Waals surface area contributed by atoms with Crippen LogP contribution in [0.3, 0.4) is 0 Å². The van der Waals surface area contributed by atoms with E-state index in [4.69, 9.17) is 18.9 Å². The quantitative estimate of drug-likeness (QED) is 0.271. The second kappa shape index (κ2) is 13.3. The molecule has 0 aliphatic carbocycles. The fourth-order valence-electron chi connectivity index (χ4n) is 3.73. The van der Waals surface area contributed by atoms with Crippen LogP contribution in [0.1, 0.15) is 28.4 Å². The van der Waals surface area contributed by atoms with Crippen LogP contribution in [0.5, 0.6) is 17.2 Å². The van der Waals surface area contributed by atoms with Crippen LogP contribution in [0.2, 0.25) is 0 Å². The molecule has 1 unspecified atom stereocenters. The molecule has 0 saturated heterocycles. The molecule has 0 aliphatic heterocycles. The molecule has 0 N–H and O–H groups in total. The smallest absolute Gasteiger partial charge is 0.342 e. The van der Waals surface area contributed by atoms with Gasteiger partial charge >= 0.3 is 11.9 Å². The highest BCUT2D eigenvalue weighted by Gasteiger charge is 2.21. The average Bonchev–Trinajstić information content (AvgIpc) is 2.86. The standard InChI is InChI=1S/C29H33NO6/c1-21(31)35-28-12-8-6-10-26(28)29(32)36-25(19-30(2)3)20-34-27-11-7-5-9-23(27)16-13-22-14-17-24(33-4)18-15-22/h5-12,14-15,17-18,25H,13,16,19-20H2,1-4H3. The van der Waals surface area contributed by atoms with Gasteiger partial charge in [-0.25, -0.2) is 4.79 Å². The number of rotatable bonds is 12. The summed E-state index contributed by atoms with van der Waals surface area (Å²) in [4.78, 5) is 26.3. The number of nitrogens with zero attached hydrogens (tertiary/aromatic N) is 1. The van der Waals surface area contributed by atoms with Crippen molar-refractivity contribution in [1.82, 2.24) is 4.90 Å². The van der Waals surface area contributed by atoms with Crippen molar-refractivity contribution in [3.63, 3.8) is 0 Å². The van der Waals surface area contributed by atoms with Gasteiger partial charge in [0, 0.05) is 13.5 Å². The Morgan fingerprint density at radius 2 is 1.53 bits per heavy atom. The number of ether oxygens (including phenoxy) is 4. The fourth-order valence-corrected chi connectivity index (χ4v) is 3.73. The number of carbonyl (C=O) groups excluding carboxylic acids is 2. The minimum atomic E-state index is -0.574. The van der Waals surface area contributed by atoms with Crippen molar-refractivity contribution < 1.29 is 28.5 Å². The van der Waals surface area contributed by atoms with E-state index >= 15 is 0 Å². The van der Waals surface area contributed by atoms with Gasteiger partial charge in [-0.2, -0.15) is 0 Å². The van der Waals surface area contributed by atoms with E-state index in [1.165, 1.54) is 12.5 Å². The summed E-state index contributed by atoms with van der Waals surface area (Å²) in [5.41, 5.74) is 2.47. The van der Waals surface area contributed by atoms with E-state index in [9.17, 15) is 9.59 Å². The molecule has 36 heavy (non-hydrogen) atoms. The molecular formula is C29H33NO6. The van der Waals surface area contributed by atoms with Crippen molar-refractivity contribution >= 4 is 11.9 Å². The molecule has 0 aromatic heterocycles. The van der Waals surface area contributed by atoms with Gasteiger partial charge in [0.05, 0.1) is 7.11 Å². The first-order valence-corrected chi connectivity index (χ1v) is 11.8.